The van der Waals surface area contributed by atoms with Crippen molar-refractivity contribution < 1.29 is 14.3 Å². The number of carbonyl (C=O) groups is 1. The van der Waals surface area contributed by atoms with E-state index in [-0.39, 0.29) is 5.82 Å². The number of thiophene rings is 1. The normalized spacial score (nSPS) is 18.5. The Hall–Kier alpha value is -1.72. The summed E-state index contributed by atoms with van der Waals surface area (Å²) in [5, 5.41) is 11.5. The molecule has 0 spiro atoms. The van der Waals surface area contributed by atoms with E-state index in [1.54, 1.807) is 30.4 Å². The van der Waals surface area contributed by atoms with E-state index in [9.17, 15) is 14.3 Å². The first-order valence-electron chi connectivity index (χ1n) is 6.84. The van der Waals surface area contributed by atoms with Gasteiger partial charge in [0, 0.05) is 18.0 Å². The Balaban J connectivity index is 1.88. The number of halogens is 1. The number of aliphatic carboxylic acids is 1. The van der Waals surface area contributed by atoms with Gasteiger partial charge >= 0.3 is 5.97 Å². The lowest BCUT2D eigenvalue weighted by molar-refractivity contribution is -0.144. The van der Waals surface area contributed by atoms with Crippen molar-refractivity contribution in [3.8, 4) is 0 Å². The minimum Gasteiger partial charge on any atom is -0.480 e. The zero-order chi connectivity index (χ0) is 15.0. The van der Waals surface area contributed by atoms with Gasteiger partial charge in [-0.2, -0.15) is 0 Å². The van der Waals surface area contributed by atoms with Gasteiger partial charge in [0.2, 0.25) is 0 Å². The molecule has 1 N–H and O–H groups in total. The second-order valence-electron chi connectivity index (χ2n) is 5.34. The summed E-state index contributed by atoms with van der Waals surface area (Å²) < 4.78 is 13.3. The summed E-state index contributed by atoms with van der Waals surface area (Å²) in [5.41, 5.74) is 2.43. The molecule has 0 saturated heterocycles. The number of carboxylic acid groups (broad SMARTS) is 1. The second kappa shape index (κ2) is 5.58. The first-order chi connectivity index (χ1) is 10.1. The van der Waals surface area contributed by atoms with Crippen LogP contribution in [0.4, 0.5) is 4.39 Å². The number of carboxylic acids is 1. The summed E-state index contributed by atoms with van der Waals surface area (Å²) in [6, 6.07) is 6.26. The minimum absolute atomic E-state index is 0.229. The summed E-state index contributed by atoms with van der Waals surface area (Å²) in [6.45, 7) is 2.95. The van der Waals surface area contributed by atoms with Crippen LogP contribution in [0.5, 0.6) is 0 Å². The third-order valence-electron chi connectivity index (χ3n) is 3.91. The van der Waals surface area contributed by atoms with Crippen LogP contribution in [-0.4, -0.2) is 22.5 Å². The Bertz CT molecular complexity index is 683. The van der Waals surface area contributed by atoms with Crippen LogP contribution in [0.2, 0.25) is 0 Å². The van der Waals surface area contributed by atoms with Gasteiger partial charge in [-0.15, -0.1) is 11.3 Å². The molecule has 1 unspecified atom stereocenters. The largest absolute Gasteiger partial charge is 0.480 e. The first kappa shape index (κ1) is 14.2. The zero-order valence-corrected chi connectivity index (χ0v) is 12.5. The highest BCUT2D eigenvalue weighted by Crippen LogP contribution is 2.34. The predicted molar refractivity (Wildman–Crippen MR) is 79.9 cm³/mol. The minimum atomic E-state index is -0.826. The van der Waals surface area contributed by atoms with Gasteiger partial charge in [0.05, 0.1) is 0 Å². The maximum absolute atomic E-state index is 13.3. The van der Waals surface area contributed by atoms with Crippen LogP contribution in [0, 0.1) is 12.7 Å². The molecule has 21 heavy (non-hydrogen) atoms. The molecular formula is C16H16FNO2S. The standard InChI is InChI=1S/C16H16FNO2S/c1-10-8-11(2-3-13(10)17)9-18-6-4-14-12(5-7-21-14)15(18)16(19)20/h2-3,5,7-8,15H,4,6,9H2,1H3,(H,19,20). The monoisotopic (exact) mass is 305 g/mol. The van der Waals surface area contributed by atoms with Crippen LogP contribution in [0.25, 0.3) is 0 Å². The van der Waals surface area contributed by atoms with Crippen molar-refractivity contribution in [2.75, 3.05) is 6.54 Å². The van der Waals surface area contributed by atoms with Gasteiger partial charge in [0.15, 0.2) is 0 Å². The fourth-order valence-electron chi connectivity index (χ4n) is 2.87. The van der Waals surface area contributed by atoms with E-state index < -0.39 is 12.0 Å². The van der Waals surface area contributed by atoms with Crippen LogP contribution < -0.4 is 0 Å². The molecule has 0 aliphatic carbocycles. The van der Waals surface area contributed by atoms with E-state index in [2.05, 4.69) is 0 Å². The lowest BCUT2D eigenvalue weighted by Gasteiger charge is -2.33. The molecule has 0 radical (unpaired) electrons. The molecule has 3 rings (SSSR count). The van der Waals surface area contributed by atoms with Crippen molar-refractivity contribution in [2.45, 2.75) is 25.9 Å². The maximum Gasteiger partial charge on any atom is 0.325 e. The van der Waals surface area contributed by atoms with Crippen molar-refractivity contribution in [2.24, 2.45) is 0 Å². The van der Waals surface area contributed by atoms with Gasteiger partial charge in [-0.3, -0.25) is 9.69 Å². The first-order valence-corrected chi connectivity index (χ1v) is 7.72. The maximum atomic E-state index is 13.3. The number of hydrogen-bond donors (Lipinski definition) is 1. The fourth-order valence-corrected chi connectivity index (χ4v) is 3.77. The van der Waals surface area contributed by atoms with Gasteiger partial charge in [-0.05, 0) is 47.5 Å². The summed E-state index contributed by atoms with van der Waals surface area (Å²) in [7, 11) is 0. The van der Waals surface area contributed by atoms with Crippen molar-refractivity contribution in [3.63, 3.8) is 0 Å². The molecule has 2 aromatic rings. The molecule has 0 saturated carbocycles. The highest BCUT2D eigenvalue weighted by molar-refractivity contribution is 7.10. The summed E-state index contributed by atoms with van der Waals surface area (Å²) in [5.74, 6) is -1.06. The van der Waals surface area contributed by atoms with Crippen LogP contribution >= 0.6 is 11.3 Å². The molecule has 5 heteroatoms. The fraction of sp³-hybridized carbons (Fsp3) is 0.312. The zero-order valence-electron chi connectivity index (χ0n) is 11.7. The number of fused-ring (bicyclic) bond motifs is 1. The predicted octanol–water partition coefficient (Wildman–Crippen LogP) is 3.38. The molecule has 0 bridgehead atoms. The average molecular weight is 305 g/mol. The molecule has 2 heterocycles. The van der Waals surface area contributed by atoms with Crippen LogP contribution in [0.1, 0.15) is 27.6 Å². The molecule has 1 aromatic carbocycles. The number of aryl methyl sites for hydroxylation is 1. The van der Waals surface area contributed by atoms with E-state index in [1.165, 1.54) is 6.07 Å². The summed E-state index contributed by atoms with van der Waals surface area (Å²) >= 11 is 1.62. The van der Waals surface area contributed by atoms with Crippen molar-refractivity contribution in [3.05, 3.63) is 57.0 Å². The third-order valence-corrected chi connectivity index (χ3v) is 4.90. The smallest absolute Gasteiger partial charge is 0.325 e. The van der Waals surface area contributed by atoms with E-state index >= 15 is 0 Å². The quantitative estimate of drug-likeness (QED) is 0.945. The van der Waals surface area contributed by atoms with E-state index in [4.69, 9.17) is 0 Å². The molecular weight excluding hydrogens is 289 g/mol. The second-order valence-corrected chi connectivity index (χ2v) is 6.34. The van der Waals surface area contributed by atoms with Crippen molar-refractivity contribution in [1.29, 1.82) is 0 Å². The van der Waals surface area contributed by atoms with E-state index in [0.29, 0.717) is 18.7 Å². The van der Waals surface area contributed by atoms with E-state index in [0.717, 1.165) is 22.4 Å². The topological polar surface area (TPSA) is 40.5 Å². The highest BCUT2D eigenvalue weighted by Gasteiger charge is 2.33. The average Bonchev–Trinajstić information content (AvgIpc) is 2.90. The Morgan fingerprint density at radius 2 is 2.29 bits per heavy atom. The number of nitrogens with zero attached hydrogens (tertiary/aromatic N) is 1. The summed E-state index contributed by atoms with van der Waals surface area (Å²) in [4.78, 5) is 14.7. The Kier molecular flexibility index (Phi) is 3.78. The molecule has 110 valence electrons. The molecule has 0 fully saturated rings. The third kappa shape index (κ3) is 2.71. The number of benzene rings is 1. The van der Waals surface area contributed by atoms with Gasteiger partial charge in [-0.1, -0.05) is 12.1 Å². The molecule has 1 atom stereocenters. The molecule has 3 nitrogen and oxygen atoms in total. The van der Waals surface area contributed by atoms with Gasteiger partial charge in [-0.25, -0.2) is 4.39 Å². The van der Waals surface area contributed by atoms with Crippen LogP contribution in [-0.2, 0) is 17.8 Å². The van der Waals surface area contributed by atoms with Gasteiger partial charge < -0.3 is 5.11 Å². The highest BCUT2D eigenvalue weighted by atomic mass is 32.1. The Morgan fingerprint density at radius 1 is 1.48 bits per heavy atom. The van der Waals surface area contributed by atoms with E-state index in [1.807, 2.05) is 16.3 Å². The molecule has 1 aliphatic heterocycles. The summed E-state index contributed by atoms with van der Waals surface area (Å²) in [6.07, 6.45) is 0.872. The molecule has 1 aliphatic rings. The Morgan fingerprint density at radius 3 is 3.00 bits per heavy atom. The SMILES string of the molecule is Cc1cc(CN2CCc3sccc3C2C(=O)O)ccc1F. The van der Waals surface area contributed by atoms with Crippen LogP contribution in [0.3, 0.4) is 0 Å². The lowest BCUT2D eigenvalue weighted by Crippen LogP contribution is -2.38. The lowest BCUT2D eigenvalue weighted by atomic mass is 9.99. The molecule has 1 aromatic heterocycles. The van der Waals surface area contributed by atoms with Crippen LogP contribution in [0.15, 0.2) is 29.6 Å². The number of hydrogen-bond acceptors (Lipinski definition) is 3. The van der Waals surface area contributed by atoms with Crippen molar-refractivity contribution >= 4 is 17.3 Å². The van der Waals surface area contributed by atoms with Crippen molar-refractivity contribution in [1.82, 2.24) is 4.90 Å². The van der Waals surface area contributed by atoms with Gasteiger partial charge in [0.1, 0.15) is 11.9 Å². The molecule has 0 amide bonds. The number of rotatable bonds is 3. The Labute approximate surface area is 126 Å². The van der Waals surface area contributed by atoms with Gasteiger partial charge in [0.25, 0.3) is 0 Å².